The van der Waals surface area contributed by atoms with E-state index in [0.29, 0.717) is 28.9 Å². The van der Waals surface area contributed by atoms with E-state index in [4.69, 9.17) is 0 Å². The van der Waals surface area contributed by atoms with Crippen molar-refractivity contribution in [3.63, 3.8) is 0 Å². The SMILES string of the molecule is CCN(C(=O)c1cccc(C(=O)Nc2ccc(C(C)=O)cc2)c1)c1ccccc1. The average Bonchev–Trinajstić information content (AvgIpc) is 2.75. The molecule has 3 rings (SSSR count). The van der Waals surface area contributed by atoms with E-state index in [-0.39, 0.29) is 17.6 Å². The fraction of sp³-hybridized carbons (Fsp3) is 0.125. The van der Waals surface area contributed by atoms with Crippen molar-refractivity contribution in [2.24, 2.45) is 0 Å². The summed E-state index contributed by atoms with van der Waals surface area (Å²) in [5.41, 5.74) is 2.79. The number of rotatable bonds is 6. The second-order valence-corrected chi connectivity index (χ2v) is 6.55. The molecule has 2 amide bonds. The maximum Gasteiger partial charge on any atom is 0.258 e. The Labute approximate surface area is 170 Å². The van der Waals surface area contributed by atoms with Crippen LogP contribution in [0.4, 0.5) is 11.4 Å². The zero-order chi connectivity index (χ0) is 20.8. The molecule has 0 aliphatic heterocycles. The van der Waals surface area contributed by atoms with Crippen molar-refractivity contribution in [1.82, 2.24) is 0 Å². The predicted octanol–water partition coefficient (Wildman–Crippen LogP) is 4.81. The van der Waals surface area contributed by atoms with Gasteiger partial charge in [0.15, 0.2) is 5.78 Å². The van der Waals surface area contributed by atoms with Gasteiger partial charge in [0.25, 0.3) is 11.8 Å². The third kappa shape index (κ3) is 4.76. The van der Waals surface area contributed by atoms with Crippen LogP contribution < -0.4 is 10.2 Å². The van der Waals surface area contributed by atoms with Gasteiger partial charge in [0.1, 0.15) is 0 Å². The molecule has 0 aromatic heterocycles. The van der Waals surface area contributed by atoms with E-state index in [9.17, 15) is 14.4 Å². The normalized spacial score (nSPS) is 10.3. The van der Waals surface area contributed by atoms with E-state index in [1.165, 1.54) is 6.92 Å². The number of benzene rings is 3. The van der Waals surface area contributed by atoms with E-state index in [1.54, 1.807) is 53.4 Å². The smallest absolute Gasteiger partial charge is 0.258 e. The lowest BCUT2D eigenvalue weighted by molar-refractivity contribution is 0.0986. The van der Waals surface area contributed by atoms with E-state index >= 15 is 0 Å². The largest absolute Gasteiger partial charge is 0.322 e. The Balaban J connectivity index is 1.78. The van der Waals surface area contributed by atoms with Crippen molar-refractivity contribution in [3.8, 4) is 0 Å². The zero-order valence-electron chi connectivity index (χ0n) is 16.4. The molecule has 0 spiro atoms. The van der Waals surface area contributed by atoms with Gasteiger partial charge in [-0.05, 0) is 68.4 Å². The first kappa shape index (κ1) is 20.0. The van der Waals surface area contributed by atoms with Gasteiger partial charge in [-0.1, -0.05) is 24.3 Å². The maximum absolute atomic E-state index is 13.0. The Morgan fingerprint density at radius 2 is 1.45 bits per heavy atom. The summed E-state index contributed by atoms with van der Waals surface area (Å²) in [5, 5.41) is 2.79. The number of carbonyl (C=O) groups excluding carboxylic acids is 3. The van der Waals surface area contributed by atoms with E-state index in [2.05, 4.69) is 5.32 Å². The van der Waals surface area contributed by atoms with Gasteiger partial charge in [0.2, 0.25) is 0 Å². The molecule has 0 aliphatic carbocycles. The summed E-state index contributed by atoms with van der Waals surface area (Å²) < 4.78 is 0. The highest BCUT2D eigenvalue weighted by atomic mass is 16.2. The first-order chi connectivity index (χ1) is 14.0. The fourth-order valence-electron chi connectivity index (χ4n) is 2.99. The van der Waals surface area contributed by atoms with Gasteiger partial charge in [0.05, 0.1) is 0 Å². The fourth-order valence-corrected chi connectivity index (χ4v) is 2.99. The number of anilines is 2. The number of hydrogen-bond donors (Lipinski definition) is 1. The number of hydrogen-bond acceptors (Lipinski definition) is 3. The van der Waals surface area contributed by atoms with Crippen molar-refractivity contribution in [2.75, 3.05) is 16.8 Å². The number of Topliss-reactive ketones (excluding diaryl/α,β-unsaturated/α-hetero) is 1. The summed E-state index contributed by atoms with van der Waals surface area (Å²) in [5.74, 6) is -0.523. The van der Waals surface area contributed by atoms with Crippen LogP contribution in [0, 0.1) is 0 Å². The first-order valence-corrected chi connectivity index (χ1v) is 9.39. The molecule has 0 fully saturated rings. The molecule has 0 saturated heterocycles. The summed E-state index contributed by atoms with van der Waals surface area (Å²) in [4.78, 5) is 38.6. The lowest BCUT2D eigenvalue weighted by atomic mass is 10.1. The van der Waals surface area contributed by atoms with Crippen LogP contribution in [0.1, 0.15) is 44.9 Å². The summed E-state index contributed by atoms with van der Waals surface area (Å²) in [7, 11) is 0. The van der Waals surface area contributed by atoms with Crippen molar-refractivity contribution >= 4 is 29.0 Å². The van der Waals surface area contributed by atoms with Gasteiger partial charge in [-0.25, -0.2) is 0 Å². The predicted molar refractivity (Wildman–Crippen MR) is 115 cm³/mol. The minimum atomic E-state index is -0.321. The zero-order valence-corrected chi connectivity index (χ0v) is 16.4. The van der Waals surface area contributed by atoms with Crippen LogP contribution in [0.25, 0.3) is 0 Å². The monoisotopic (exact) mass is 386 g/mol. The molecule has 1 N–H and O–H groups in total. The molecule has 0 aliphatic rings. The van der Waals surface area contributed by atoms with Crippen LogP contribution in [-0.4, -0.2) is 24.1 Å². The van der Waals surface area contributed by atoms with Gasteiger partial charge in [-0.15, -0.1) is 0 Å². The Morgan fingerprint density at radius 1 is 0.793 bits per heavy atom. The Kier molecular flexibility index (Phi) is 6.19. The topological polar surface area (TPSA) is 66.5 Å². The summed E-state index contributed by atoms with van der Waals surface area (Å²) in [6, 6.07) is 22.7. The molecule has 0 atom stereocenters. The van der Waals surface area contributed by atoms with Gasteiger partial charge < -0.3 is 10.2 Å². The molecule has 29 heavy (non-hydrogen) atoms. The summed E-state index contributed by atoms with van der Waals surface area (Å²) >= 11 is 0. The molecule has 0 heterocycles. The molecule has 3 aromatic carbocycles. The highest BCUT2D eigenvalue weighted by Crippen LogP contribution is 2.18. The van der Waals surface area contributed by atoms with Crippen molar-refractivity contribution in [2.45, 2.75) is 13.8 Å². The second kappa shape index (κ2) is 8.97. The molecule has 0 saturated carbocycles. The third-order valence-electron chi connectivity index (χ3n) is 4.55. The second-order valence-electron chi connectivity index (χ2n) is 6.55. The molecule has 3 aromatic rings. The van der Waals surface area contributed by atoms with Crippen LogP contribution in [0.3, 0.4) is 0 Å². The quantitative estimate of drug-likeness (QED) is 0.618. The molecule has 5 nitrogen and oxygen atoms in total. The highest BCUT2D eigenvalue weighted by molar-refractivity contribution is 6.09. The van der Waals surface area contributed by atoms with Crippen LogP contribution in [0.5, 0.6) is 0 Å². The van der Waals surface area contributed by atoms with E-state index < -0.39 is 0 Å². The number of para-hydroxylation sites is 1. The molecular weight excluding hydrogens is 364 g/mol. The Hall–Kier alpha value is -3.73. The number of nitrogens with one attached hydrogen (secondary N) is 1. The number of amides is 2. The molecule has 146 valence electrons. The highest BCUT2D eigenvalue weighted by Gasteiger charge is 2.17. The number of ketones is 1. The average molecular weight is 386 g/mol. The Morgan fingerprint density at radius 3 is 2.07 bits per heavy atom. The van der Waals surface area contributed by atoms with Gasteiger partial charge in [-0.2, -0.15) is 0 Å². The van der Waals surface area contributed by atoms with Crippen LogP contribution in [-0.2, 0) is 0 Å². The van der Waals surface area contributed by atoms with Crippen molar-refractivity contribution in [1.29, 1.82) is 0 Å². The molecular formula is C24H22N2O3. The Bertz CT molecular complexity index is 1030. The lowest BCUT2D eigenvalue weighted by Crippen LogP contribution is -2.30. The van der Waals surface area contributed by atoms with Gasteiger partial charge >= 0.3 is 0 Å². The van der Waals surface area contributed by atoms with Gasteiger partial charge in [0, 0.05) is 34.6 Å². The minimum absolute atomic E-state index is 0.0343. The maximum atomic E-state index is 13.0. The standard InChI is InChI=1S/C24H22N2O3/c1-3-26(22-10-5-4-6-11-22)24(29)20-9-7-8-19(16-20)23(28)25-21-14-12-18(13-15-21)17(2)27/h4-16H,3H2,1-2H3,(H,25,28). The molecule has 0 bridgehead atoms. The van der Waals surface area contributed by atoms with Crippen molar-refractivity contribution < 1.29 is 14.4 Å². The molecule has 0 radical (unpaired) electrons. The first-order valence-electron chi connectivity index (χ1n) is 9.39. The third-order valence-corrected chi connectivity index (χ3v) is 4.55. The van der Waals surface area contributed by atoms with Crippen LogP contribution >= 0.6 is 0 Å². The number of nitrogens with zero attached hydrogens (tertiary/aromatic N) is 1. The van der Waals surface area contributed by atoms with Crippen LogP contribution in [0.2, 0.25) is 0 Å². The van der Waals surface area contributed by atoms with Crippen LogP contribution in [0.15, 0.2) is 78.9 Å². The summed E-state index contributed by atoms with van der Waals surface area (Å²) in [6.07, 6.45) is 0. The van der Waals surface area contributed by atoms with Crippen molar-refractivity contribution in [3.05, 3.63) is 95.6 Å². The molecule has 0 unspecified atom stereocenters. The van der Waals surface area contributed by atoms with E-state index in [0.717, 1.165) is 5.69 Å². The minimum Gasteiger partial charge on any atom is -0.322 e. The lowest BCUT2D eigenvalue weighted by Gasteiger charge is -2.21. The van der Waals surface area contributed by atoms with Gasteiger partial charge in [-0.3, -0.25) is 14.4 Å². The number of carbonyl (C=O) groups is 3. The summed E-state index contributed by atoms with van der Waals surface area (Å²) in [6.45, 7) is 3.92. The van der Waals surface area contributed by atoms with E-state index in [1.807, 2.05) is 37.3 Å². The molecule has 5 heteroatoms.